The van der Waals surface area contributed by atoms with Crippen molar-refractivity contribution in [3.05, 3.63) is 26.9 Å². The molecule has 0 radical (unpaired) electrons. The van der Waals surface area contributed by atoms with Gasteiger partial charge in [0.25, 0.3) is 15.8 Å². The minimum Gasteiger partial charge on any atom is -0.356 e. The zero-order valence-electron chi connectivity index (χ0n) is 13.9. The summed E-state index contributed by atoms with van der Waals surface area (Å²) in [5, 5.41) is 0. The molecule has 0 amide bonds. The third-order valence-corrected chi connectivity index (χ3v) is 6.41. The number of anilines is 1. The summed E-state index contributed by atoms with van der Waals surface area (Å²) >= 11 is 0. The van der Waals surface area contributed by atoms with Gasteiger partial charge in [-0.15, -0.1) is 0 Å². The number of nitrogens with one attached hydrogen (secondary N) is 1. The van der Waals surface area contributed by atoms with Crippen LogP contribution in [-0.2, 0) is 24.3 Å². The predicted octanol–water partition coefficient (Wildman–Crippen LogP) is -1.41. The maximum atomic E-state index is 12.3. The number of hydrogen-bond acceptors (Lipinski definition) is 5. The molecule has 2 aliphatic heterocycles. The Morgan fingerprint density at radius 2 is 1.75 bits per heavy atom. The molecule has 1 N–H and O–H groups in total. The van der Waals surface area contributed by atoms with E-state index in [4.69, 9.17) is 0 Å². The van der Waals surface area contributed by atoms with Crippen molar-refractivity contribution >= 4 is 16.0 Å². The molecule has 1 atom stereocenters. The van der Waals surface area contributed by atoms with Crippen LogP contribution in [0.2, 0.25) is 0 Å². The summed E-state index contributed by atoms with van der Waals surface area (Å²) in [5.74, 6) is 0.519. The van der Waals surface area contributed by atoms with Crippen LogP contribution in [0.3, 0.4) is 0 Å². The van der Waals surface area contributed by atoms with Crippen molar-refractivity contribution in [2.24, 2.45) is 14.1 Å². The molecule has 24 heavy (non-hydrogen) atoms. The Bertz CT molecular complexity index is 838. The highest BCUT2D eigenvalue weighted by molar-refractivity contribution is 7.87. The zero-order valence-corrected chi connectivity index (χ0v) is 14.8. The van der Waals surface area contributed by atoms with Gasteiger partial charge >= 0.3 is 5.69 Å². The van der Waals surface area contributed by atoms with E-state index in [1.54, 1.807) is 7.05 Å². The van der Waals surface area contributed by atoms with Crippen LogP contribution >= 0.6 is 0 Å². The van der Waals surface area contributed by atoms with Crippen molar-refractivity contribution < 1.29 is 8.42 Å². The van der Waals surface area contributed by atoms with Crippen LogP contribution in [0.4, 0.5) is 5.82 Å². The first-order chi connectivity index (χ1) is 11.3. The van der Waals surface area contributed by atoms with Gasteiger partial charge in [0.1, 0.15) is 5.82 Å². The molecule has 0 unspecified atom stereocenters. The van der Waals surface area contributed by atoms with Gasteiger partial charge in [0, 0.05) is 52.4 Å². The highest BCUT2D eigenvalue weighted by atomic mass is 32.2. The van der Waals surface area contributed by atoms with Gasteiger partial charge in [-0.05, 0) is 19.3 Å². The Morgan fingerprint density at radius 1 is 1.08 bits per heavy atom. The molecule has 0 bridgehead atoms. The largest absolute Gasteiger partial charge is 0.356 e. The van der Waals surface area contributed by atoms with Crippen LogP contribution in [0.1, 0.15) is 19.3 Å². The lowest BCUT2D eigenvalue weighted by Gasteiger charge is -2.23. The molecular weight excluding hydrogens is 334 g/mol. The summed E-state index contributed by atoms with van der Waals surface area (Å²) in [5.41, 5.74) is -0.757. The van der Waals surface area contributed by atoms with Gasteiger partial charge in [0.15, 0.2) is 0 Å². The molecule has 3 heterocycles. The van der Waals surface area contributed by atoms with Crippen molar-refractivity contribution in [1.29, 1.82) is 0 Å². The molecule has 0 aromatic carbocycles. The van der Waals surface area contributed by atoms with Crippen molar-refractivity contribution in [2.75, 3.05) is 31.1 Å². The number of nitrogens with zero attached hydrogens (tertiary/aromatic N) is 4. The molecule has 1 aromatic rings. The minimum absolute atomic E-state index is 0.227. The summed E-state index contributed by atoms with van der Waals surface area (Å²) < 4.78 is 31.4. The molecule has 134 valence electrons. The van der Waals surface area contributed by atoms with E-state index in [-0.39, 0.29) is 11.6 Å². The zero-order chi connectivity index (χ0) is 17.5. The van der Waals surface area contributed by atoms with E-state index in [9.17, 15) is 18.0 Å². The van der Waals surface area contributed by atoms with E-state index in [2.05, 4.69) is 4.72 Å². The van der Waals surface area contributed by atoms with Crippen molar-refractivity contribution in [2.45, 2.75) is 25.3 Å². The standard InChI is InChI=1S/C14H23N5O4S/c1-16-12(9-13(20)17(2)14(16)21)18-8-5-11(10-18)15-24(22,23)19-6-3-4-7-19/h9,11,15H,3-8,10H2,1-2H3/t11-/m0/s1. The Labute approximate surface area is 140 Å². The lowest BCUT2D eigenvalue weighted by atomic mass is 10.3. The molecule has 2 aliphatic rings. The van der Waals surface area contributed by atoms with Crippen LogP contribution in [-0.4, -0.2) is 54.1 Å². The Kier molecular flexibility index (Phi) is 4.54. The van der Waals surface area contributed by atoms with Crippen molar-refractivity contribution in [1.82, 2.24) is 18.2 Å². The first kappa shape index (κ1) is 17.2. The normalized spacial score (nSPS) is 22.4. The van der Waals surface area contributed by atoms with Gasteiger partial charge < -0.3 is 4.90 Å². The third kappa shape index (κ3) is 3.13. The van der Waals surface area contributed by atoms with E-state index < -0.39 is 15.9 Å². The summed E-state index contributed by atoms with van der Waals surface area (Å²) in [4.78, 5) is 25.8. The van der Waals surface area contributed by atoms with Crippen LogP contribution < -0.4 is 20.9 Å². The second-order valence-electron chi connectivity index (χ2n) is 6.40. The summed E-state index contributed by atoms with van der Waals surface area (Å²) in [6, 6.07) is 1.19. The number of hydrogen-bond donors (Lipinski definition) is 1. The van der Waals surface area contributed by atoms with Gasteiger partial charge in [-0.2, -0.15) is 17.4 Å². The van der Waals surface area contributed by atoms with Crippen molar-refractivity contribution in [3.63, 3.8) is 0 Å². The second-order valence-corrected chi connectivity index (χ2v) is 8.10. The molecule has 2 saturated heterocycles. The lowest BCUT2D eigenvalue weighted by molar-refractivity contribution is 0.455. The second kappa shape index (κ2) is 6.34. The van der Waals surface area contributed by atoms with Crippen LogP contribution in [0.15, 0.2) is 15.7 Å². The van der Waals surface area contributed by atoms with Crippen molar-refractivity contribution in [3.8, 4) is 0 Å². The molecule has 9 nitrogen and oxygen atoms in total. The van der Waals surface area contributed by atoms with E-state index in [1.165, 1.54) is 22.0 Å². The molecule has 3 rings (SSSR count). The highest BCUT2D eigenvalue weighted by Gasteiger charge is 2.32. The fourth-order valence-corrected chi connectivity index (χ4v) is 4.80. The van der Waals surface area contributed by atoms with E-state index >= 15 is 0 Å². The summed E-state index contributed by atoms with van der Waals surface area (Å²) in [6.45, 7) is 2.16. The summed E-state index contributed by atoms with van der Waals surface area (Å²) in [6.07, 6.45) is 2.43. The predicted molar refractivity (Wildman–Crippen MR) is 90.4 cm³/mol. The molecular formula is C14H23N5O4S. The maximum Gasteiger partial charge on any atom is 0.332 e. The smallest absolute Gasteiger partial charge is 0.332 e. The third-order valence-electron chi connectivity index (χ3n) is 4.73. The van der Waals surface area contributed by atoms with Crippen LogP contribution in [0, 0.1) is 0 Å². The monoisotopic (exact) mass is 357 g/mol. The SMILES string of the molecule is Cn1c(N2CC[C@H](NS(=O)(=O)N3CCCC3)C2)cc(=O)n(C)c1=O. The van der Waals surface area contributed by atoms with E-state index in [0.29, 0.717) is 38.4 Å². The van der Waals surface area contributed by atoms with E-state index in [1.807, 2.05) is 4.90 Å². The molecule has 1 aromatic heterocycles. The molecule has 0 aliphatic carbocycles. The first-order valence-electron chi connectivity index (χ1n) is 8.09. The number of aromatic nitrogens is 2. The average Bonchev–Trinajstić information content (AvgIpc) is 3.20. The van der Waals surface area contributed by atoms with Gasteiger partial charge in [-0.1, -0.05) is 0 Å². The van der Waals surface area contributed by atoms with Gasteiger partial charge in [-0.3, -0.25) is 13.9 Å². The minimum atomic E-state index is -3.46. The van der Waals surface area contributed by atoms with Gasteiger partial charge in [0.2, 0.25) is 0 Å². The number of rotatable bonds is 4. The molecule has 10 heteroatoms. The first-order valence-corrected chi connectivity index (χ1v) is 9.53. The molecule has 2 fully saturated rings. The summed E-state index contributed by atoms with van der Waals surface area (Å²) in [7, 11) is -0.414. The lowest BCUT2D eigenvalue weighted by Crippen LogP contribution is -2.45. The Morgan fingerprint density at radius 3 is 2.42 bits per heavy atom. The van der Waals surface area contributed by atoms with Gasteiger partial charge in [-0.25, -0.2) is 4.79 Å². The molecule has 0 spiro atoms. The van der Waals surface area contributed by atoms with Gasteiger partial charge in [0.05, 0.1) is 0 Å². The highest BCUT2D eigenvalue weighted by Crippen LogP contribution is 2.19. The maximum absolute atomic E-state index is 12.3. The Hall–Kier alpha value is -1.65. The average molecular weight is 357 g/mol. The van der Waals surface area contributed by atoms with E-state index in [0.717, 1.165) is 17.4 Å². The quantitative estimate of drug-likeness (QED) is 0.714. The fourth-order valence-electron chi connectivity index (χ4n) is 3.30. The van der Waals surface area contributed by atoms with Crippen LogP contribution in [0.25, 0.3) is 0 Å². The Balaban J connectivity index is 1.74. The topological polar surface area (TPSA) is 96.7 Å². The fraction of sp³-hybridized carbons (Fsp3) is 0.714. The molecule has 0 saturated carbocycles. The van der Waals surface area contributed by atoms with Crippen LogP contribution in [0.5, 0.6) is 0 Å².